The monoisotopic (exact) mass is 269 g/mol. The van der Waals surface area contributed by atoms with Gasteiger partial charge >= 0.3 is 0 Å². The lowest BCUT2D eigenvalue weighted by molar-refractivity contribution is 0.501. The van der Waals surface area contributed by atoms with Crippen molar-refractivity contribution in [3.8, 4) is 0 Å². The minimum Gasteiger partial charge on any atom is -0.467 e. The average molecular weight is 269 g/mol. The fraction of sp³-hybridized carbons (Fsp3) is 0.583. The first kappa shape index (κ1) is 13.1. The highest BCUT2D eigenvalue weighted by Gasteiger charge is 2.46. The van der Waals surface area contributed by atoms with Crippen molar-refractivity contribution in [1.29, 1.82) is 0 Å². The van der Waals surface area contributed by atoms with Crippen molar-refractivity contribution < 1.29 is 8.63 Å². The summed E-state index contributed by atoms with van der Waals surface area (Å²) in [5.41, 5.74) is 0. The van der Waals surface area contributed by atoms with Crippen LogP contribution in [0.3, 0.4) is 0 Å². The normalized spacial score (nSPS) is 19.3. The Bertz CT molecular complexity index is 438. The molecule has 0 saturated heterocycles. The van der Waals surface area contributed by atoms with Gasteiger partial charge in [-0.05, 0) is 25.0 Å². The molecule has 1 atom stereocenters. The lowest BCUT2D eigenvalue weighted by atomic mass is 10.4. The second-order valence-corrected chi connectivity index (χ2v) is 6.27. The highest BCUT2D eigenvalue weighted by molar-refractivity contribution is 7.86. The summed E-state index contributed by atoms with van der Waals surface area (Å²) < 4.78 is 16.8. The maximum absolute atomic E-state index is 11.6. The van der Waals surface area contributed by atoms with Gasteiger partial charge < -0.3 is 15.1 Å². The molecule has 0 aliphatic heterocycles. The van der Waals surface area contributed by atoms with E-state index in [-0.39, 0.29) is 4.75 Å². The molecule has 1 aliphatic carbocycles. The molecule has 0 spiro atoms. The number of nitrogens with zero attached hydrogens (tertiary/aromatic N) is 1. The van der Waals surface area contributed by atoms with Crippen molar-refractivity contribution in [2.75, 3.05) is 19.8 Å². The zero-order valence-electron chi connectivity index (χ0n) is 10.7. The molecule has 0 aromatic carbocycles. The van der Waals surface area contributed by atoms with Gasteiger partial charge in [-0.25, -0.2) is 0 Å². The van der Waals surface area contributed by atoms with Gasteiger partial charge in [-0.15, -0.1) is 0 Å². The van der Waals surface area contributed by atoms with E-state index in [0.717, 1.165) is 18.6 Å². The van der Waals surface area contributed by atoms with Crippen LogP contribution in [0.15, 0.2) is 27.8 Å². The second-order valence-electron chi connectivity index (χ2n) is 4.50. The zero-order chi connectivity index (χ0) is 13.0. The van der Waals surface area contributed by atoms with Crippen molar-refractivity contribution in [2.24, 2.45) is 4.99 Å². The lowest BCUT2D eigenvalue weighted by Gasteiger charge is -2.16. The fourth-order valence-corrected chi connectivity index (χ4v) is 2.71. The quantitative estimate of drug-likeness (QED) is 0.614. The number of guanidine groups is 1. The van der Waals surface area contributed by atoms with Gasteiger partial charge in [0.05, 0.1) is 17.6 Å². The Labute approximate surface area is 110 Å². The number of rotatable bonds is 5. The molecule has 5 nitrogen and oxygen atoms in total. The first-order valence-corrected chi connectivity index (χ1v) is 7.52. The van der Waals surface area contributed by atoms with E-state index in [1.165, 1.54) is 0 Å². The highest BCUT2D eigenvalue weighted by Crippen LogP contribution is 2.40. The molecule has 0 amide bonds. The third-order valence-electron chi connectivity index (χ3n) is 3.23. The van der Waals surface area contributed by atoms with E-state index in [1.54, 1.807) is 19.6 Å². The number of hydrogen-bond donors (Lipinski definition) is 2. The molecular formula is C12H19N3O2S. The summed E-state index contributed by atoms with van der Waals surface area (Å²) in [4.78, 5) is 4.13. The van der Waals surface area contributed by atoms with Crippen LogP contribution in [0.2, 0.25) is 0 Å². The summed E-state index contributed by atoms with van der Waals surface area (Å²) in [6.07, 6.45) is 5.47. The molecule has 6 heteroatoms. The minimum atomic E-state index is -0.780. The molecule has 18 heavy (non-hydrogen) atoms. The standard InChI is InChI=1S/C12H19N3O2S/c1-13-11(14-8-10-4-3-7-17-10)15-9-12(5-6-12)18(2)16/h3-4,7H,5-6,8-9H2,1-2H3,(H2,13,14,15). The molecule has 2 N–H and O–H groups in total. The fourth-order valence-electron chi connectivity index (χ4n) is 1.75. The summed E-state index contributed by atoms with van der Waals surface area (Å²) in [5, 5.41) is 6.38. The minimum absolute atomic E-state index is 0.0394. The summed E-state index contributed by atoms with van der Waals surface area (Å²) in [6.45, 7) is 1.29. The van der Waals surface area contributed by atoms with E-state index < -0.39 is 10.8 Å². The van der Waals surface area contributed by atoms with Crippen molar-refractivity contribution in [3.05, 3.63) is 24.2 Å². The van der Waals surface area contributed by atoms with E-state index in [4.69, 9.17) is 4.42 Å². The average Bonchev–Trinajstić information content (AvgIpc) is 2.98. The predicted molar refractivity (Wildman–Crippen MR) is 72.9 cm³/mol. The molecule has 0 radical (unpaired) electrons. The van der Waals surface area contributed by atoms with Gasteiger partial charge in [0.2, 0.25) is 0 Å². The van der Waals surface area contributed by atoms with Crippen LogP contribution in [-0.4, -0.2) is 34.8 Å². The number of furan rings is 1. The van der Waals surface area contributed by atoms with Gasteiger partial charge in [0.1, 0.15) is 5.76 Å². The van der Waals surface area contributed by atoms with Crippen molar-refractivity contribution in [1.82, 2.24) is 10.6 Å². The summed E-state index contributed by atoms with van der Waals surface area (Å²) in [6, 6.07) is 3.76. The van der Waals surface area contributed by atoms with Crippen LogP contribution >= 0.6 is 0 Å². The Balaban J connectivity index is 1.78. The van der Waals surface area contributed by atoms with Crippen LogP contribution in [-0.2, 0) is 17.3 Å². The molecule has 0 bridgehead atoms. The van der Waals surface area contributed by atoms with Gasteiger partial charge in [0.15, 0.2) is 5.96 Å². The van der Waals surface area contributed by atoms with Crippen LogP contribution in [0.25, 0.3) is 0 Å². The van der Waals surface area contributed by atoms with Gasteiger partial charge in [-0.1, -0.05) is 0 Å². The van der Waals surface area contributed by atoms with Crippen LogP contribution in [0.4, 0.5) is 0 Å². The third-order valence-corrected chi connectivity index (χ3v) is 5.00. The molecule has 100 valence electrons. The Kier molecular flexibility index (Phi) is 4.06. The van der Waals surface area contributed by atoms with Crippen LogP contribution < -0.4 is 10.6 Å². The van der Waals surface area contributed by atoms with E-state index in [0.29, 0.717) is 19.0 Å². The summed E-state index contributed by atoms with van der Waals surface area (Å²) in [5.74, 6) is 1.57. The number of hydrogen-bond acceptors (Lipinski definition) is 3. The first-order chi connectivity index (χ1) is 8.66. The zero-order valence-corrected chi connectivity index (χ0v) is 11.5. The smallest absolute Gasteiger partial charge is 0.191 e. The first-order valence-electron chi connectivity index (χ1n) is 5.97. The SMILES string of the molecule is CN=C(NCc1ccco1)NCC1(S(C)=O)CC1. The van der Waals surface area contributed by atoms with Gasteiger partial charge in [-0.3, -0.25) is 9.20 Å². The van der Waals surface area contributed by atoms with Crippen molar-refractivity contribution in [2.45, 2.75) is 24.1 Å². The maximum Gasteiger partial charge on any atom is 0.191 e. The van der Waals surface area contributed by atoms with E-state index >= 15 is 0 Å². The number of aliphatic imine (C=N–C) groups is 1. The van der Waals surface area contributed by atoms with Gasteiger partial charge in [0, 0.05) is 30.6 Å². The lowest BCUT2D eigenvalue weighted by Crippen LogP contribution is -2.42. The molecule has 1 aromatic heterocycles. The van der Waals surface area contributed by atoms with E-state index in [1.807, 2.05) is 12.1 Å². The summed E-state index contributed by atoms with van der Waals surface area (Å²) in [7, 11) is 0.942. The molecule has 1 unspecified atom stereocenters. The molecule has 1 aromatic rings. The molecular weight excluding hydrogens is 250 g/mol. The molecule has 1 heterocycles. The van der Waals surface area contributed by atoms with Gasteiger partial charge in [0.25, 0.3) is 0 Å². The highest BCUT2D eigenvalue weighted by atomic mass is 32.2. The Morgan fingerprint density at radius 3 is 2.83 bits per heavy atom. The Hall–Kier alpha value is -1.30. The van der Waals surface area contributed by atoms with Crippen molar-refractivity contribution in [3.63, 3.8) is 0 Å². The third kappa shape index (κ3) is 3.13. The molecule has 1 aliphatic rings. The van der Waals surface area contributed by atoms with E-state index in [9.17, 15) is 4.21 Å². The molecule has 1 saturated carbocycles. The van der Waals surface area contributed by atoms with Crippen LogP contribution in [0.5, 0.6) is 0 Å². The van der Waals surface area contributed by atoms with Crippen molar-refractivity contribution >= 4 is 16.8 Å². The summed E-state index contributed by atoms with van der Waals surface area (Å²) >= 11 is 0. The van der Waals surface area contributed by atoms with Crippen LogP contribution in [0.1, 0.15) is 18.6 Å². The predicted octanol–water partition coefficient (Wildman–Crippen LogP) is 0.856. The molecule has 2 rings (SSSR count). The van der Waals surface area contributed by atoms with E-state index in [2.05, 4.69) is 15.6 Å². The molecule has 1 fully saturated rings. The topological polar surface area (TPSA) is 66.6 Å². The second kappa shape index (κ2) is 5.56. The van der Waals surface area contributed by atoms with Gasteiger partial charge in [-0.2, -0.15) is 0 Å². The maximum atomic E-state index is 11.6. The Morgan fingerprint density at radius 2 is 2.33 bits per heavy atom. The largest absolute Gasteiger partial charge is 0.467 e. The van der Waals surface area contributed by atoms with Crippen LogP contribution in [0, 0.1) is 0 Å². The Morgan fingerprint density at radius 1 is 1.56 bits per heavy atom. The number of nitrogens with one attached hydrogen (secondary N) is 2.